The fraction of sp³-hybridized carbons (Fsp3) is 0.400. The Morgan fingerprint density at radius 1 is 1.25 bits per heavy atom. The minimum Gasteiger partial charge on any atom is -0.334 e. The SMILES string of the molecule is Cc1noc(-c2ccc(C(=O)Nc3nc(CN4CCC(C)CC4)cs3)cc2)n1. The Labute approximate surface area is 167 Å². The van der Waals surface area contributed by atoms with E-state index >= 15 is 0 Å². The number of nitrogens with zero attached hydrogens (tertiary/aromatic N) is 4. The molecule has 1 saturated heterocycles. The van der Waals surface area contributed by atoms with Gasteiger partial charge in [-0.2, -0.15) is 4.98 Å². The first-order valence-corrected chi connectivity index (χ1v) is 10.3. The van der Waals surface area contributed by atoms with Gasteiger partial charge in [-0.15, -0.1) is 11.3 Å². The number of aromatic nitrogens is 3. The van der Waals surface area contributed by atoms with Crippen molar-refractivity contribution in [2.75, 3.05) is 18.4 Å². The van der Waals surface area contributed by atoms with E-state index in [1.807, 2.05) is 5.38 Å². The lowest BCUT2D eigenvalue weighted by molar-refractivity contribution is 0.102. The molecule has 8 heteroatoms. The smallest absolute Gasteiger partial charge is 0.257 e. The molecule has 1 aliphatic heterocycles. The number of aryl methyl sites for hydroxylation is 1. The van der Waals surface area contributed by atoms with E-state index in [2.05, 4.69) is 32.3 Å². The molecule has 0 saturated carbocycles. The number of carbonyl (C=O) groups is 1. The third kappa shape index (κ3) is 4.45. The maximum atomic E-state index is 12.5. The summed E-state index contributed by atoms with van der Waals surface area (Å²) in [7, 11) is 0. The van der Waals surface area contributed by atoms with Gasteiger partial charge in [0.05, 0.1) is 5.69 Å². The molecule has 146 valence electrons. The number of hydrogen-bond acceptors (Lipinski definition) is 7. The van der Waals surface area contributed by atoms with E-state index < -0.39 is 0 Å². The van der Waals surface area contributed by atoms with Gasteiger partial charge < -0.3 is 4.52 Å². The van der Waals surface area contributed by atoms with E-state index in [1.165, 1.54) is 24.2 Å². The van der Waals surface area contributed by atoms with Crippen molar-refractivity contribution in [2.45, 2.75) is 33.2 Å². The predicted octanol–water partition coefficient (Wildman–Crippen LogP) is 3.99. The average Bonchev–Trinajstić information content (AvgIpc) is 3.33. The van der Waals surface area contributed by atoms with Gasteiger partial charge in [0.1, 0.15) is 0 Å². The van der Waals surface area contributed by atoms with Crippen molar-refractivity contribution in [3.8, 4) is 11.5 Å². The van der Waals surface area contributed by atoms with Gasteiger partial charge in [-0.25, -0.2) is 4.98 Å². The molecular weight excluding hydrogens is 374 g/mol. The molecule has 4 rings (SSSR count). The number of benzene rings is 1. The summed E-state index contributed by atoms with van der Waals surface area (Å²) in [5.41, 5.74) is 2.35. The third-order valence-corrected chi connectivity index (χ3v) is 5.76. The van der Waals surface area contributed by atoms with Crippen LogP contribution in [-0.4, -0.2) is 39.0 Å². The molecule has 28 heavy (non-hydrogen) atoms. The summed E-state index contributed by atoms with van der Waals surface area (Å²) in [6, 6.07) is 7.08. The quantitative estimate of drug-likeness (QED) is 0.701. The van der Waals surface area contributed by atoms with Crippen molar-refractivity contribution in [2.24, 2.45) is 5.92 Å². The third-order valence-electron chi connectivity index (χ3n) is 4.96. The molecule has 1 aromatic carbocycles. The van der Waals surface area contributed by atoms with Crippen molar-refractivity contribution < 1.29 is 9.32 Å². The van der Waals surface area contributed by atoms with Gasteiger partial charge in [-0.05, 0) is 63.0 Å². The predicted molar refractivity (Wildman–Crippen MR) is 108 cm³/mol. The fourth-order valence-electron chi connectivity index (χ4n) is 3.23. The van der Waals surface area contributed by atoms with Crippen molar-refractivity contribution in [3.05, 3.63) is 46.7 Å². The van der Waals surface area contributed by atoms with Crippen LogP contribution in [0.2, 0.25) is 0 Å². The van der Waals surface area contributed by atoms with E-state index in [-0.39, 0.29) is 5.91 Å². The number of rotatable bonds is 5. The first-order valence-electron chi connectivity index (χ1n) is 9.45. The van der Waals surface area contributed by atoms with E-state index in [4.69, 9.17) is 4.52 Å². The van der Waals surface area contributed by atoms with Crippen LogP contribution in [0.15, 0.2) is 34.2 Å². The molecule has 0 spiro atoms. The van der Waals surface area contributed by atoms with Gasteiger partial charge in [0, 0.05) is 23.1 Å². The van der Waals surface area contributed by atoms with Crippen molar-refractivity contribution in [1.82, 2.24) is 20.0 Å². The lowest BCUT2D eigenvalue weighted by Gasteiger charge is -2.29. The highest BCUT2D eigenvalue weighted by Gasteiger charge is 2.17. The molecule has 1 aliphatic rings. The number of thiazole rings is 1. The molecule has 3 heterocycles. The topological polar surface area (TPSA) is 84.2 Å². The summed E-state index contributed by atoms with van der Waals surface area (Å²) in [6.07, 6.45) is 2.49. The summed E-state index contributed by atoms with van der Waals surface area (Å²) in [4.78, 5) is 23.7. The van der Waals surface area contributed by atoms with E-state index in [1.54, 1.807) is 31.2 Å². The van der Waals surface area contributed by atoms with Gasteiger partial charge in [-0.1, -0.05) is 12.1 Å². The zero-order chi connectivity index (χ0) is 19.5. The van der Waals surface area contributed by atoms with Gasteiger partial charge in [-0.3, -0.25) is 15.0 Å². The molecule has 0 radical (unpaired) electrons. The van der Waals surface area contributed by atoms with E-state index in [9.17, 15) is 4.79 Å². The molecule has 1 amide bonds. The lowest BCUT2D eigenvalue weighted by Crippen LogP contribution is -2.32. The highest BCUT2D eigenvalue weighted by atomic mass is 32.1. The number of hydrogen-bond donors (Lipinski definition) is 1. The number of nitrogens with one attached hydrogen (secondary N) is 1. The van der Waals surface area contributed by atoms with Crippen LogP contribution in [0.1, 0.15) is 41.6 Å². The van der Waals surface area contributed by atoms with Crippen LogP contribution < -0.4 is 5.32 Å². The van der Waals surface area contributed by atoms with Gasteiger partial charge >= 0.3 is 0 Å². The lowest BCUT2D eigenvalue weighted by atomic mass is 9.99. The summed E-state index contributed by atoms with van der Waals surface area (Å²) in [6.45, 7) is 7.16. The second kappa shape index (κ2) is 8.20. The van der Waals surface area contributed by atoms with Crippen LogP contribution >= 0.6 is 11.3 Å². The maximum absolute atomic E-state index is 12.5. The van der Waals surface area contributed by atoms with Gasteiger partial charge in [0.25, 0.3) is 11.8 Å². The maximum Gasteiger partial charge on any atom is 0.257 e. The van der Waals surface area contributed by atoms with Crippen molar-refractivity contribution in [3.63, 3.8) is 0 Å². The first kappa shape index (κ1) is 18.8. The molecule has 0 bridgehead atoms. The Morgan fingerprint density at radius 3 is 2.68 bits per heavy atom. The second-order valence-corrected chi connectivity index (χ2v) is 8.14. The van der Waals surface area contributed by atoms with Crippen molar-refractivity contribution >= 4 is 22.4 Å². The standard InChI is InChI=1S/C20H23N5O2S/c1-13-7-9-25(10-8-13)11-17-12-28-20(22-17)23-18(26)15-3-5-16(6-4-15)19-21-14(2)24-27-19/h3-6,12-13H,7-11H2,1-2H3,(H,22,23,26). The summed E-state index contributed by atoms with van der Waals surface area (Å²) < 4.78 is 5.14. The number of anilines is 1. The highest BCUT2D eigenvalue weighted by molar-refractivity contribution is 7.13. The molecule has 0 unspecified atom stereocenters. The Balaban J connectivity index is 1.35. The number of amides is 1. The van der Waals surface area contributed by atoms with Crippen molar-refractivity contribution in [1.29, 1.82) is 0 Å². The highest BCUT2D eigenvalue weighted by Crippen LogP contribution is 2.22. The molecular formula is C20H23N5O2S. The largest absolute Gasteiger partial charge is 0.334 e. The van der Waals surface area contributed by atoms with Crippen LogP contribution in [0.3, 0.4) is 0 Å². The second-order valence-electron chi connectivity index (χ2n) is 7.28. The Hall–Kier alpha value is -2.58. The molecule has 1 N–H and O–H groups in total. The van der Waals surface area contributed by atoms with Crippen LogP contribution in [0.5, 0.6) is 0 Å². The number of likely N-dealkylation sites (tertiary alicyclic amines) is 1. The minimum absolute atomic E-state index is 0.180. The van der Waals surface area contributed by atoms with Crippen LogP contribution in [0.4, 0.5) is 5.13 Å². The molecule has 1 fully saturated rings. The average molecular weight is 398 g/mol. The van der Waals surface area contributed by atoms with Crippen LogP contribution in [-0.2, 0) is 6.54 Å². The van der Waals surface area contributed by atoms with E-state index in [0.717, 1.165) is 36.8 Å². The zero-order valence-corrected chi connectivity index (χ0v) is 16.8. The molecule has 0 atom stereocenters. The normalized spacial score (nSPS) is 15.6. The minimum atomic E-state index is -0.180. The molecule has 2 aromatic heterocycles. The first-order chi connectivity index (χ1) is 13.6. The van der Waals surface area contributed by atoms with Gasteiger partial charge in [0.15, 0.2) is 11.0 Å². The zero-order valence-electron chi connectivity index (χ0n) is 16.0. The number of piperidine rings is 1. The van der Waals surface area contributed by atoms with Crippen LogP contribution in [0, 0.1) is 12.8 Å². The fourth-order valence-corrected chi connectivity index (χ4v) is 3.93. The van der Waals surface area contributed by atoms with Gasteiger partial charge in [0.2, 0.25) is 0 Å². The Bertz CT molecular complexity index is 942. The summed E-state index contributed by atoms with van der Waals surface area (Å²) >= 11 is 1.46. The summed E-state index contributed by atoms with van der Waals surface area (Å²) in [5, 5.41) is 9.31. The summed E-state index contributed by atoms with van der Waals surface area (Å²) in [5.74, 6) is 1.66. The number of carbonyl (C=O) groups excluding carboxylic acids is 1. The Morgan fingerprint density at radius 2 is 2.00 bits per heavy atom. The van der Waals surface area contributed by atoms with Crippen LogP contribution in [0.25, 0.3) is 11.5 Å². The molecule has 3 aromatic rings. The molecule has 7 nitrogen and oxygen atoms in total. The molecule has 0 aliphatic carbocycles. The monoisotopic (exact) mass is 397 g/mol. The van der Waals surface area contributed by atoms with E-state index in [0.29, 0.717) is 22.4 Å². The Kier molecular flexibility index (Phi) is 5.50.